The monoisotopic (exact) mass is 436 g/mol. The predicted octanol–water partition coefficient (Wildman–Crippen LogP) is 6.42. The highest BCUT2D eigenvalue weighted by atomic mass is 16.5. The van der Waals surface area contributed by atoms with Crippen molar-refractivity contribution in [3.8, 4) is 0 Å². The normalized spacial score (nSPS) is 41.6. The topological polar surface area (TPSA) is 46.5 Å². The molecule has 0 saturated heterocycles. The van der Waals surface area contributed by atoms with Crippen LogP contribution < -0.4 is 0 Å². The molecule has 1 aromatic carbocycles. The van der Waals surface area contributed by atoms with Gasteiger partial charge in [0.1, 0.15) is 6.10 Å². The molecule has 0 unspecified atom stereocenters. The van der Waals surface area contributed by atoms with Crippen LogP contribution in [0.15, 0.2) is 42.0 Å². The van der Waals surface area contributed by atoms with Crippen LogP contribution in [0.25, 0.3) is 0 Å². The van der Waals surface area contributed by atoms with Crippen molar-refractivity contribution in [3.63, 3.8) is 0 Å². The van der Waals surface area contributed by atoms with E-state index in [1.54, 1.807) is 5.57 Å². The average molecular weight is 437 g/mol. The van der Waals surface area contributed by atoms with Gasteiger partial charge in [-0.2, -0.15) is 0 Å². The molecule has 174 valence electrons. The summed E-state index contributed by atoms with van der Waals surface area (Å²) in [6, 6.07) is 9.39. The van der Waals surface area contributed by atoms with E-state index in [0.29, 0.717) is 29.4 Å². The number of fused-ring (bicyclic) bond motifs is 5. The third-order valence-electron chi connectivity index (χ3n) is 10.4. The Balaban J connectivity index is 1.31. The lowest BCUT2D eigenvalue weighted by atomic mass is 9.47. The number of hydrogen-bond acceptors (Lipinski definition) is 3. The minimum atomic E-state index is -0.183. The molecule has 3 fully saturated rings. The number of aliphatic hydroxyl groups is 1. The van der Waals surface area contributed by atoms with Crippen molar-refractivity contribution in [2.75, 3.05) is 6.61 Å². The van der Waals surface area contributed by atoms with Crippen LogP contribution in [0.3, 0.4) is 0 Å². The third-order valence-corrected chi connectivity index (χ3v) is 10.4. The fourth-order valence-electron chi connectivity index (χ4n) is 8.62. The van der Waals surface area contributed by atoms with Gasteiger partial charge in [-0.25, -0.2) is 4.79 Å². The molecule has 1 N–H and O–H groups in total. The molecule has 4 aliphatic rings. The highest BCUT2D eigenvalue weighted by molar-refractivity contribution is 5.89. The minimum Gasteiger partial charge on any atom is -0.458 e. The zero-order valence-corrected chi connectivity index (χ0v) is 20.1. The lowest BCUT2D eigenvalue weighted by molar-refractivity contribution is -0.0618. The summed E-state index contributed by atoms with van der Waals surface area (Å²) in [6.45, 7) is 7.63. The Morgan fingerprint density at radius 3 is 2.62 bits per heavy atom. The second-order valence-electron chi connectivity index (χ2n) is 11.8. The molecule has 5 rings (SSSR count). The van der Waals surface area contributed by atoms with E-state index in [4.69, 9.17) is 4.74 Å². The quantitative estimate of drug-likeness (QED) is 0.438. The van der Waals surface area contributed by atoms with Crippen molar-refractivity contribution in [3.05, 3.63) is 47.5 Å². The standard InChI is InChI=1S/C29H40O3/c1-19(18-30)24-11-12-25-23-10-9-21-17-22(32-27(31)20-7-5-4-6-8-20)13-15-28(21,2)26(23)14-16-29(24,25)3/h4-9,19,22-26,30H,10-18H2,1-3H3/t19-,22+,23+,24-,25+,26+,28+,29-/m1/s1. The number of carbonyl (C=O) groups excluding carboxylic acids is 1. The summed E-state index contributed by atoms with van der Waals surface area (Å²) >= 11 is 0. The molecule has 0 bridgehead atoms. The van der Waals surface area contributed by atoms with E-state index in [2.05, 4.69) is 26.8 Å². The number of rotatable bonds is 4. The summed E-state index contributed by atoms with van der Waals surface area (Å²) in [7, 11) is 0. The van der Waals surface area contributed by atoms with Gasteiger partial charge in [0.15, 0.2) is 0 Å². The molecule has 32 heavy (non-hydrogen) atoms. The second kappa shape index (κ2) is 8.31. The van der Waals surface area contributed by atoms with Crippen LogP contribution in [-0.4, -0.2) is 23.8 Å². The molecule has 0 aromatic heterocycles. The summed E-state index contributed by atoms with van der Waals surface area (Å²) in [5.41, 5.74) is 2.87. The molecule has 3 nitrogen and oxygen atoms in total. The Bertz CT molecular complexity index is 876. The molecule has 0 radical (unpaired) electrons. The molecule has 0 spiro atoms. The number of carbonyl (C=O) groups is 1. The summed E-state index contributed by atoms with van der Waals surface area (Å²) in [5, 5.41) is 9.84. The molecule has 0 amide bonds. The highest BCUT2D eigenvalue weighted by Gasteiger charge is 2.59. The highest BCUT2D eigenvalue weighted by Crippen LogP contribution is 2.67. The van der Waals surface area contributed by atoms with Crippen molar-refractivity contribution in [2.24, 2.45) is 40.4 Å². The van der Waals surface area contributed by atoms with Crippen LogP contribution in [0.1, 0.15) is 82.5 Å². The maximum atomic E-state index is 12.6. The smallest absolute Gasteiger partial charge is 0.338 e. The number of esters is 1. The summed E-state index contributed by atoms with van der Waals surface area (Å²) in [6.07, 6.45) is 12.0. The van der Waals surface area contributed by atoms with Crippen LogP contribution in [0.2, 0.25) is 0 Å². The van der Waals surface area contributed by atoms with Crippen molar-refractivity contribution in [1.29, 1.82) is 0 Å². The van der Waals surface area contributed by atoms with Crippen molar-refractivity contribution in [2.45, 2.75) is 78.2 Å². The summed E-state index contributed by atoms with van der Waals surface area (Å²) < 4.78 is 5.94. The van der Waals surface area contributed by atoms with Crippen LogP contribution in [0.4, 0.5) is 0 Å². The van der Waals surface area contributed by atoms with E-state index >= 15 is 0 Å². The predicted molar refractivity (Wildman–Crippen MR) is 127 cm³/mol. The maximum Gasteiger partial charge on any atom is 0.338 e. The van der Waals surface area contributed by atoms with Crippen LogP contribution >= 0.6 is 0 Å². The van der Waals surface area contributed by atoms with Gasteiger partial charge in [0.25, 0.3) is 0 Å². The molecular formula is C29H40O3. The minimum absolute atomic E-state index is 0.00806. The Morgan fingerprint density at radius 2 is 1.88 bits per heavy atom. The van der Waals surface area contributed by atoms with Gasteiger partial charge in [0.05, 0.1) is 5.56 Å². The van der Waals surface area contributed by atoms with E-state index in [1.807, 2.05) is 30.3 Å². The first-order valence-electron chi connectivity index (χ1n) is 12.9. The van der Waals surface area contributed by atoms with E-state index < -0.39 is 0 Å². The Kier molecular flexibility index (Phi) is 5.76. The summed E-state index contributed by atoms with van der Waals surface area (Å²) in [5.74, 6) is 3.24. The molecule has 3 saturated carbocycles. The van der Waals surface area contributed by atoms with Gasteiger partial charge in [-0.15, -0.1) is 0 Å². The largest absolute Gasteiger partial charge is 0.458 e. The molecule has 1 aromatic rings. The zero-order chi connectivity index (χ0) is 22.5. The van der Waals surface area contributed by atoms with Gasteiger partial charge in [0.2, 0.25) is 0 Å². The van der Waals surface area contributed by atoms with Crippen LogP contribution in [-0.2, 0) is 4.74 Å². The Morgan fingerprint density at radius 1 is 1.09 bits per heavy atom. The number of hydrogen-bond donors (Lipinski definition) is 1. The first kappa shape index (κ1) is 22.2. The lowest BCUT2D eigenvalue weighted by Gasteiger charge is -2.58. The van der Waals surface area contributed by atoms with Crippen LogP contribution in [0.5, 0.6) is 0 Å². The van der Waals surface area contributed by atoms with Gasteiger partial charge in [0, 0.05) is 13.0 Å². The SMILES string of the molecule is C[C@H](CO)[C@H]1CC[C@H]2[C@@H]3CC=C4C[C@@H](OC(=O)c5ccccc5)CC[C@]4(C)[C@H]3CC[C@]12C. The number of allylic oxidation sites excluding steroid dienone is 1. The van der Waals surface area contributed by atoms with Crippen molar-refractivity contribution < 1.29 is 14.6 Å². The van der Waals surface area contributed by atoms with Gasteiger partial charge in [-0.05, 0) is 97.5 Å². The number of ether oxygens (including phenoxy) is 1. The average Bonchev–Trinajstić information content (AvgIpc) is 3.16. The van der Waals surface area contributed by atoms with Gasteiger partial charge < -0.3 is 9.84 Å². The molecular weight excluding hydrogens is 396 g/mol. The Labute approximate surface area is 193 Å². The Hall–Kier alpha value is -1.61. The van der Waals surface area contributed by atoms with Crippen LogP contribution in [0, 0.1) is 40.4 Å². The van der Waals surface area contributed by atoms with E-state index in [0.717, 1.165) is 37.0 Å². The van der Waals surface area contributed by atoms with E-state index in [9.17, 15) is 9.90 Å². The fourth-order valence-corrected chi connectivity index (χ4v) is 8.62. The molecule has 3 heteroatoms. The van der Waals surface area contributed by atoms with Crippen molar-refractivity contribution >= 4 is 5.97 Å². The zero-order valence-electron chi connectivity index (χ0n) is 20.1. The maximum absolute atomic E-state index is 12.6. The van der Waals surface area contributed by atoms with Crippen molar-refractivity contribution in [1.82, 2.24) is 0 Å². The molecule has 4 aliphatic carbocycles. The fraction of sp³-hybridized carbons (Fsp3) is 0.690. The number of aliphatic hydroxyl groups excluding tert-OH is 1. The molecule has 0 heterocycles. The molecule has 0 aliphatic heterocycles. The lowest BCUT2D eigenvalue weighted by Crippen LogP contribution is -2.51. The van der Waals surface area contributed by atoms with Gasteiger partial charge in [-0.1, -0.05) is 50.6 Å². The molecule has 8 atom stereocenters. The second-order valence-corrected chi connectivity index (χ2v) is 11.8. The van der Waals surface area contributed by atoms with E-state index in [1.165, 1.54) is 32.1 Å². The van der Waals surface area contributed by atoms with E-state index in [-0.39, 0.29) is 17.5 Å². The summed E-state index contributed by atoms with van der Waals surface area (Å²) in [4.78, 5) is 12.6. The first-order chi connectivity index (χ1) is 15.4. The van der Waals surface area contributed by atoms with Gasteiger partial charge >= 0.3 is 5.97 Å². The third kappa shape index (κ3) is 3.47. The van der Waals surface area contributed by atoms with Gasteiger partial charge in [-0.3, -0.25) is 0 Å². The first-order valence-corrected chi connectivity index (χ1v) is 12.9. The number of benzene rings is 1.